The molecule has 0 bridgehead atoms. The maximum Gasteiger partial charge on any atom is 0.338 e. The van der Waals surface area contributed by atoms with E-state index in [0.717, 1.165) is 0 Å². The number of hydrogen-bond donors (Lipinski definition) is 1. The Morgan fingerprint density at radius 1 is 0.839 bits per heavy atom. The van der Waals surface area contributed by atoms with E-state index in [-0.39, 0.29) is 15.6 Å². The summed E-state index contributed by atoms with van der Waals surface area (Å²) in [4.78, 5) is 24.9. The average molecular weight is 458 g/mol. The number of ether oxygens (including phenoxy) is 2. The van der Waals surface area contributed by atoms with Crippen molar-refractivity contribution >= 4 is 40.8 Å². The Kier molecular flexibility index (Phi) is 6.88. The molecule has 0 saturated heterocycles. The first-order valence-corrected chi connectivity index (χ1v) is 10.3. The van der Waals surface area contributed by atoms with Gasteiger partial charge in [0.05, 0.1) is 26.9 Å². The Hall–Kier alpha value is -3.02. The largest absolute Gasteiger partial charge is 0.456 e. The van der Waals surface area contributed by atoms with Crippen LogP contribution in [0.1, 0.15) is 41.5 Å². The SMILES string of the molecule is CC(C)(C)OC(=O)c1ccc(Oc2ccccc2NC(=O)c2c(Cl)cccc2Cl)cc1. The third-order valence-corrected chi connectivity index (χ3v) is 4.67. The zero-order valence-corrected chi connectivity index (χ0v) is 18.8. The highest BCUT2D eigenvalue weighted by Gasteiger charge is 2.19. The number of rotatable bonds is 5. The molecular weight excluding hydrogens is 437 g/mol. The van der Waals surface area contributed by atoms with Gasteiger partial charge in [-0.2, -0.15) is 0 Å². The van der Waals surface area contributed by atoms with Gasteiger partial charge < -0.3 is 14.8 Å². The van der Waals surface area contributed by atoms with Crippen LogP contribution < -0.4 is 10.1 Å². The molecule has 5 nitrogen and oxygen atoms in total. The molecule has 0 aliphatic carbocycles. The van der Waals surface area contributed by atoms with Crippen LogP contribution in [0.2, 0.25) is 10.0 Å². The van der Waals surface area contributed by atoms with E-state index in [0.29, 0.717) is 22.7 Å². The van der Waals surface area contributed by atoms with Crippen molar-refractivity contribution < 1.29 is 19.1 Å². The van der Waals surface area contributed by atoms with Crippen LogP contribution in [0, 0.1) is 0 Å². The highest BCUT2D eigenvalue weighted by molar-refractivity contribution is 6.40. The number of amides is 1. The molecule has 0 aromatic heterocycles. The van der Waals surface area contributed by atoms with Crippen LogP contribution in [0.5, 0.6) is 11.5 Å². The lowest BCUT2D eigenvalue weighted by molar-refractivity contribution is 0.00694. The Morgan fingerprint density at radius 3 is 2.06 bits per heavy atom. The molecule has 0 aliphatic rings. The molecule has 0 atom stereocenters. The summed E-state index contributed by atoms with van der Waals surface area (Å²) in [7, 11) is 0. The molecule has 3 aromatic rings. The summed E-state index contributed by atoms with van der Waals surface area (Å²) in [6.07, 6.45) is 0. The molecular formula is C24H21Cl2NO4. The number of carbonyl (C=O) groups excluding carboxylic acids is 2. The molecule has 1 N–H and O–H groups in total. The molecule has 0 heterocycles. The molecule has 0 fully saturated rings. The number of para-hydroxylation sites is 2. The first-order valence-electron chi connectivity index (χ1n) is 9.50. The fraction of sp³-hybridized carbons (Fsp3) is 0.167. The summed E-state index contributed by atoms with van der Waals surface area (Å²) in [5, 5.41) is 3.28. The molecule has 0 aliphatic heterocycles. The number of nitrogens with one attached hydrogen (secondary N) is 1. The quantitative estimate of drug-likeness (QED) is 0.419. The van der Waals surface area contributed by atoms with E-state index >= 15 is 0 Å². The van der Waals surface area contributed by atoms with Gasteiger partial charge in [0, 0.05) is 0 Å². The van der Waals surface area contributed by atoms with Crippen LogP contribution in [0.4, 0.5) is 5.69 Å². The molecule has 0 radical (unpaired) electrons. The van der Waals surface area contributed by atoms with E-state index in [1.54, 1.807) is 66.7 Å². The van der Waals surface area contributed by atoms with Crippen molar-refractivity contribution in [3.63, 3.8) is 0 Å². The summed E-state index contributed by atoms with van der Waals surface area (Å²) < 4.78 is 11.3. The van der Waals surface area contributed by atoms with Crippen molar-refractivity contribution in [2.45, 2.75) is 26.4 Å². The van der Waals surface area contributed by atoms with E-state index in [2.05, 4.69) is 5.32 Å². The molecule has 3 aromatic carbocycles. The van der Waals surface area contributed by atoms with Gasteiger partial charge in [0.1, 0.15) is 11.4 Å². The maximum atomic E-state index is 12.7. The van der Waals surface area contributed by atoms with Gasteiger partial charge in [-0.1, -0.05) is 41.4 Å². The number of halogens is 2. The van der Waals surface area contributed by atoms with Crippen LogP contribution in [0.25, 0.3) is 0 Å². The van der Waals surface area contributed by atoms with Gasteiger partial charge >= 0.3 is 5.97 Å². The zero-order valence-electron chi connectivity index (χ0n) is 17.2. The van der Waals surface area contributed by atoms with Crippen molar-refractivity contribution in [3.05, 3.63) is 87.9 Å². The number of anilines is 1. The van der Waals surface area contributed by atoms with Gasteiger partial charge in [-0.15, -0.1) is 0 Å². The third kappa shape index (κ3) is 6.00. The Balaban J connectivity index is 1.77. The standard InChI is InChI=1S/C24H21Cl2NO4/c1-24(2,3)31-23(29)15-11-13-16(14-12-15)30-20-10-5-4-9-19(20)27-22(28)21-17(25)7-6-8-18(21)26/h4-14H,1-3H3,(H,27,28). The molecule has 7 heteroatoms. The second kappa shape index (κ2) is 9.41. The summed E-state index contributed by atoms with van der Waals surface area (Å²) in [5.74, 6) is 0.0454. The van der Waals surface area contributed by atoms with Crippen molar-refractivity contribution in [1.82, 2.24) is 0 Å². The van der Waals surface area contributed by atoms with Gasteiger partial charge in [-0.3, -0.25) is 4.79 Å². The van der Waals surface area contributed by atoms with Crippen molar-refractivity contribution in [2.24, 2.45) is 0 Å². The van der Waals surface area contributed by atoms with Crippen LogP contribution >= 0.6 is 23.2 Å². The zero-order chi connectivity index (χ0) is 22.6. The van der Waals surface area contributed by atoms with Gasteiger partial charge in [0.15, 0.2) is 5.75 Å². The predicted octanol–water partition coefficient (Wildman–Crippen LogP) is 6.99. The smallest absolute Gasteiger partial charge is 0.338 e. The summed E-state index contributed by atoms with van der Waals surface area (Å²) in [6.45, 7) is 5.43. The van der Waals surface area contributed by atoms with Gasteiger partial charge in [0.2, 0.25) is 0 Å². The van der Waals surface area contributed by atoms with E-state index in [9.17, 15) is 9.59 Å². The lowest BCUT2D eigenvalue weighted by Gasteiger charge is -2.19. The van der Waals surface area contributed by atoms with Crippen LogP contribution in [0.15, 0.2) is 66.7 Å². The molecule has 0 spiro atoms. The van der Waals surface area contributed by atoms with Gasteiger partial charge in [-0.25, -0.2) is 4.79 Å². The van der Waals surface area contributed by atoms with E-state index in [1.807, 2.05) is 20.8 Å². The molecule has 1 amide bonds. The van der Waals surface area contributed by atoms with E-state index in [4.69, 9.17) is 32.7 Å². The maximum absolute atomic E-state index is 12.7. The topological polar surface area (TPSA) is 64.6 Å². The number of benzene rings is 3. The fourth-order valence-electron chi connectivity index (χ4n) is 2.68. The Morgan fingerprint density at radius 2 is 1.45 bits per heavy atom. The van der Waals surface area contributed by atoms with Crippen LogP contribution in [-0.2, 0) is 4.74 Å². The first kappa shape index (κ1) is 22.7. The van der Waals surface area contributed by atoms with Crippen molar-refractivity contribution in [3.8, 4) is 11.5 Å². The molecule has 0 unspecified atom stereocenters. The van der Waals surface area contributed by atoms with Gasteiger partial charge in [0.25, 0.3) is 5.91 Å². The van der Waals surface area contributed by atoms with Crippen molar-refractivity contribution in [2.75, 3.05) is 5.32 Å². The monoisotopic (exact) mass is 457 g/mol. The summed E-state index contributed by atoms with van der Waals surface area (Å²) in [5.41, 5.74) is 0.466. The second-order valence-corrected chi connectivity index (χ2v) is 8.49. The lowest BCUT2D eigenvalue weighted by Crippen LogP contribution is -2.23. The van der Waals surface area contributed by atoms with Crippen LogP contribution in [0.3, 0.4) is 0 Å². The van der Waals surface area contributed by atoms with Gasteiger partial charge in [-0.05, 0) is 69.3 Å². The van der Waals surface area contributed by atoms with E-state index in [1.165, 1.54) is 0 Å². The van der Waals surface area contributed by atoms with Crippen molar-refractivity contribution in [1.29, 1.82) is 0 Å². The average Bonchev–Trinajstić information content (AvgIpc) is 2.68. The minimum absolute atomic E-state index is 0.183. The fourth-order valence-corrected chi connectivity index (χ4v) is 3.25. The van der Waals surface area contributed by atoms with E-state index < -0.39 is 17.5 Å². The number of carbonyl (C=O) groups is 2. The second-order valence-electron chi connectivity index (χ2n) is 7.68. The summed E-state index contributed by atoms with van der Waals surface area (Å²) in [6, 6.07) is 18.4. The van der Waals surface area contributed by atoms with Crippen LogP contribution in [-0.4, -0.2) is 17.5 Å². The Labute approximate surface area is 190 Å². The number of hydrogen-bond acceptors (Lipinski definition) is 4. The number of esters is 1. The predicted molar refractivity (Wildman–Crippen MR) is 123 cm³/mol. The lowest BCUT2D eigenvalue weighted by atomic mass is 10.1. The first-order chi connectivity index (χ1) is 14.6. The minimum atomic E-state index is -0.575. The normalized spacial score (nSPS) is 11.0. The molecule has 0 saturated carbocycles. The minimum Gasteiger partial charge on any atom is -0.456 e. The summed E-state index contributed by atoms with van der Waals surface area (Å²) >= 11 is 12.3. The highest BCUT2D eigenvalue weighted by atomic mass is 35.5. The third-order valence-electron chi connectivity index (χ3n) is 4.04. The Bertz CT molecular complexity index is 1090. The molecule has 160 valence electrons. The molecule has 31 heavy (non-hydrogen) atoms. The molecule has 3 rings (SSSR count). The highest BCUT2D eigenvalue weighted by Crippen LogP contribution is 2.31.